The Morgan fingerprint density at radius 3 is 2.44 bits per heavy atom. The number of nitro groups is 1. The van der Waals surface area contributed by atoms with E-state index in [1.807, 2.05) is 18.2 Å². The molecular formula is C24H29I2N3O5. The zero-order valence-electron chi connectivity index (χ0n) is 20.1. The lowest BCUT2D eigenvalue weighted by molar-refractivity contribution is -0.385. The van der Waals surface area contributed by atoms with Crippen LogP contribution in [0.2, 0.25) is 0 Å². The van der Waals surface area contributed by atoms with Crippen LogP contribution in [-0.4, -0.2) is 30.8 Å². The molecule has 0 saturated heterocycles. The van der Waals surface area contributed by atoms with Gasteiger partial charge in [-0.25, -0.2) is 5.43 Å². The average molecular weight is 693 g/mol. The molecule has 0 aliphatic rings. The third-order valence-corrected chi connectivity index (χ3v) is 6.33. The standard InChI is InChI=1S/C24H29I2N3O5/c1-23(2,3)14-24(4,5)16-7-8-20(19(10-16)29(31)32)34-13-21(30)28-27-12-15-9-17(25)11-18(26)22(15)33-6/h7-12H,13-14H2,1-6H3,(H,28,30). The van der Waals surface area contributed by atoms with Crippen molar-refractivity contribution in [2.45, 2.75) is 46.5 Å². The number of rotatable bonds is 9. The Morgan fingerprint density at radius 2 is 1.85 bits per heavy atom. The molecule has 34 heavy (non-hydrogen) atoms. The molecule has 0 atom stereocenters. The van der Waals surface area contributed by atoms with E-state index >= 15 is 0 Å². The van der Waals surface area contributed by atoms with E-state index in [0.29, 0.717) is 11.3 Å². The van der Waals surface area contributed by atoms with Gasteiger partial charge >= 0.3 is 5.69 Å². The maximum absolute atomic E-state index is 12.2. The number of hydrogen-bond donors (Lipinski definition) is 1. The van der Waals surface area contributed by atoms with Gasteiger partial charge in [-0.2, -0.15) is 5.10 Å². The molecule has 2 rings (SSSR count). The smallest absolute Gasteiger partial charge is 0.311 e. The highest BCUT2D eigenvalue weighted by molar-refractivity contribution is 14.1. The van der Waals surface area contributed by atoms with E-state index in [9.17, 15) is 14.9 Å². The summed E-state index contributed by atoms with van der Waals surface area (Å²) in [7, 11) is 1.57. The van der Waals surface area contributed by atoms with Crippen LogP contribution in [0.3, 0.4) is 0 Å². The Bertz CT molecular complexity index is 1090. The predicted molar refractivity (Wildman–Crippen MR) is 150 cm³/mol. The van der Waals surface area contributed by atoms with Crippen LogP contribution in [0.25, 0.3) is 0 Å². The fourth-order valence-electron chi connectivity index (χ4n) is 3.87. The summed E-state index contributed by atoms with van der Waals surface area (Å²) in [6.45, 7) is 10.1. The van der Waals surface area contributed by atoms with Gasteiger partial charge in [-0.15, -0.1) is 0 Å². The van der Waals surface area contributed by atoms with E-state index in [1.54, 1.807) is 13.2 Å². The molecule has 10 heteroatoms. The molecule has 8 nitrogen and oxygen atoms in total. The van der Waals surface area contributed by atoms with Crippen molar-refractivity contribution < 1.29 is 19.2 Å². The molecule has 2 aromatic carbocycles. The van der Waals surface area contributed by atoms with Crippen molar-refractivity contribution in [2.75, 3.05) is 13.7 Å². The highest BCUT2D eigenvalue weighted by atomic mass is 127. The number of hydrazone groups is 1. The van der Waals surface area contributed by atoms with Gasteiger partial charge in [0.1, 0.15) is 5.75 Å². The summed E-state index contributed by atoms with van der Waals surface area (Å²) in [4.78, 5) is 23.4. The third kappa shape index (κ3) is 8.07. The number of amides is 1. The molecule has 0 radical (unpaired) electrons. The van der Waals surface area contributed by atoms with Crippen molar-refractivity contribution in [3.05, 3.63) is 58.7 Å². The lowest BCUT2D eigenvalue weighted by Gasteiger charge is -2.33. The van der Waals surface area contributed by atoms with Crippen molar-refractivity contribution in [1.29, 1.82) is 0 Å². The summed E-state index contributed by atoms with van der Waals surface area (Å²) in [6, 6.07) is 8.73. The zero-order valence-corrected chi connectivity index (χ0v) is 24.4. The van der Waals surface area contributed by atoms with Gasteiger partial charge in [-0.3, -0.25) is 14.9 Å². The molecule has 2 aromatic rings. The van der Waals surface area contributed by atoms with Gasteiger partial charge < -0.3 is 9.47 Å². The first-order valence-corrected chi connectivity index (χ1v) is 12.7. The first-order chi connectivity index (χ1) is 15.7. The molecule has 184 valence electrons. The van der Waals surface area contributed by atoms with Gasteiger partial charge in [0.25, 0.3) is 5.91 Å². The van der Waals surface area contributed by atoms with Crippen molar-refractivity contribution in [3.8, 4) is 11.5 Å². The molecule has 0 aliphatic heterocycles. The first-order valence-electron chi connectivity index (χ1n) is 10.5. The second-order valence-corrected chi connectivity index (χ2v) is 12.1. The third-order valence-electron chi connectivity index (χ3n) is 4.90. The predicted octanol–water partition coefficient (Wildman–Crippen LogP) is 6.06. The molecule has 1 N–H and O–H groups in total. The highest BCUT2D eigenvalue weighted by Crippen LogP contribution is 2.39. The number of nitrogens with zero attached hydrogens (tertiary/aromatic N) is 2. The van der Waals surface area contributed by atoms with Crippen LogP contribution in [0.5, 0.6) is 11.5 Å². The van der Waals surface area contributed by atoms with E-state index < -0.39 is 17.4 Å². The molecule has 0 spiro atoms. The van der Waals surface area contributed by atoms with Crippen LogP contribution < -0.4 is 14.9 Å². The lowest BCUT2D eigenvalue weighted by Crippen LogP contribution is -2.26. The number of carbonyl (C=O) groups excluding carboxylic acids is 1. The quantitative estimate of drug-likeness (QED) is 0.149. The number of halogens is 2. The van der Waals surface area contributed by atoms with Crippen LogP contribution in [0.4, 0.5) is 5.69 Å². The van der Waals surface area contributed by atoms with Crippen LogP contribution in [0.15, 0.2) is 35.4 Å². The van der Waals surface area contributed by atoms with Crippen LogP contribution in [-0.2, 0) is 10.2 Å². The summed E-state index contributed by atoms with van der Waals surface area (Å²) < 4.78 is 12.8. The Morgan fingerprint density at radius 1 is 1.18 bits per heavy atom. The fraction of sp³-hybridized carbons (Fsp3) is 0.417. The number of nitrogens with one attached hydrogen (secondary N) is 1. The summed E-state index contributed by atoms with van der Waals surface area (Å²) in [5.41, 5.74) is 3.56. The van der Waals surface area contributed by atoms with E-state index in [-0.39, 0.29) is 22.3 Å². The molecule has 0 aromatic heterocycles. The SMILES string of the molecule is COc1c(I)cc(I)cc1C=NNC(=O)COc1ccc(C(C)(C)CC(C)(C)C)cc1[N+](=O)[O-]. The Hall–Kier alpha value is -1.96. The number of hydrogen-bond acceptors (Lipinski definition) is 6. The van der Waals surface area contributed by atoms with Gasteiger partial charge in [0.05, 0.1) is 21.8 Å². The fourth-order valence-corrected chi connectivity index (χ4v) is 5.98. The number of methoxy groups -OCH3 is 1. The maximum atomic E-state index is 12.2. The first kappa shape index (κ1) is 28.3. The van der Waals surface area contributed by atoms with E-state index in [0.717, 1.165) is 19.1 Å². The van der Waals surface area contributed by atoms with Crippen molar-refractivity contribution >= 4 is 63.0 Å². The van der Waals surface area contributed by atoms with Gasteiger partial charge in [-0.1, -0.05) is 40.7 Å². The molecular weight excluding hydrogens is 664 g/mol. The Balaban J connectivity index is 2.10. The molecule has 0 bridgehead atoms. The van der Waals surface area contributed by atoms with Crippen molar-refractivity contribution in [3.63, 3.8) is 0 Å². The molecule has 0 aliphatic carbocycles. The van der Waals surface area contributed by atoms with Crippen LogP contribution in [0, 0.1) is 22.7 Å². The highest BCUT2D eigenvalue weighted by Gasteiger charge is 2.29. The van der Waals surface area contributed by atoms with Gasteiger partial charge in [0.15, 0.2) is 12.4 Å². The molecule has 0 unspecified atom stereocenters. The van der Waals surface area contributed by atoms with Gasteiger partial charge in [0.2, 0.25) is 0 Å². The summed E-state index contributed by atoms with van der Waals surface area (Å²) in [6.07, 6.45) is 2.33. The van der Waals surface area contributed by atoms with Crippen LogP contribution in [0.1, 0.15) is 52.2 Å². The summed E-state index contributed by atoms with van der Waals surface area (Å²) in [5.74, 6) is 0.149. The molecule has 0 heterocycles. The Kier molecular flexibility index (Phi) is 9.69. The van der Waals surface area contributed by atoms with Crippen molar-refractivity contribution in [2.24, 2.45) is 10.5 Å². The normalized spacial score (nSPS) is 12.0. The summed E-state index contributed by atoms with van der Waals surface area (Å²) >= 11 is 4.35. The van der Waals surface area contributed by atoms with E-state index in [4.69, 9.17) is 9.47 Å². The largest absolute Gasteiger partial charge is 0.495 e. The van der Waals surface area contributed by atoms with E-state index in [1.165, 1.54) is 12.3 Å². The number of carbonyl (C=O) groups is 1. The average Bonchev–Trinajstić information content (AvgIpc) is 2.70. The Labute approximate surface area is 227 Å². The molecule has 1 amide bonds. The number of benzene rings is 2. The summed E-state index contributed by atoms with van der Waals surface area (Å²) in [5, 5.41) is 15.6. The molecule has 0 saturated carbocycles. The monoisotopic (exact) mass is 693 g/mol. The minimum atomic E-state index is -0.540. The van der Waals surface area contributed by atoms with Crippen LogP contribution >= 0.6 is 45.2 Å². The van der Waals surface area contributed by atoms with E-state index in [2.05, 4.69) is 90.3 Å². The second-order valence-electron chi connectivity index (χ2n) is 9.65. The van der Waals surface area contributed by atoms with Gasteiger partial charge in [-0.05, 0) is 86.2 Å². The number of ether oxygens (including phenoxy) is 2. The minimum absolute atomic E-state index is 0.0354. The second kappa shape index (κ2) is 11.6. The van der Waals surface area contributed by atoms with Crippen molar-refractivity contribution in [1.82, 2.24) is 5.43 Å². The lowest BCUT2D eigenvalue weighted by atomic mass is 9.72. The minimum Gasteiger partial charge on any atom is -0.495 e. The maximum Gasteiger partial charge on any atom is 0.311 e. The zero-order chi connectivity index (χ0) is 25.7. The topological polar surface area (TPSA) is 103 Å². The molecule has 0 fully saturated rings. The van der Waals surface area contributed by atoms with Gasteiger partial charge in [0, 0.05) is 15.2 Å². The number of nitro benzene ring substituents is 1.